The molecule has 0 saturated heterocycles. The van der Waals surface area contributed by atoms with E-state index in [9.17, 15) is 0 Å². The minimum absolute atomic E-state index is 0.706. The van der Waals surface area contributed by atoms with Crippen molar-refractivity contribution in [2.45, 2.75) is 44.4 Å². The SMILES string of the molecule is CC[Si](CC)(CC)C1[C]=CC=C1. The molecule has 0 bridgehead atoms. The molecule has 0 spiro atoms. The third-order valence-electron chi connectivity index (χ3n) is 3.45. The summed E-state index contributed by atoms with van der Waals surface area (Å²) >= 11 is 0. The van der Waals surface area contributed by atoms with Crippen LogP contribution in [0.4, 0.5) is 0 Å². The van der Waals surface area contributed by atoms with Crippen LogP contribution in [0, 0.1) is 6.08 Å². The van der Waals surface area contributed by atoms with Crippen molar-refractivity contribution in [3.05, 3.63) is 24.3 Å². The Morgan fingerprint density at radius 3 is 2.08 bits per heavy atom. The van der Waals surface area contributed by atoms with Crippen molar-refractivity contribution in [1.29, 1.82) is 0 Å². The van der Waals surface area contributed by atoms with Crippen LogP contribution in [0.15, 0.2) is 18.2 Å². The summed E-state index contributed by atoms with van der Waals surface area (Å²) in [5, 5.41) is 0. The molecule has 0 aromatic heterocycles. The van der Waals surface area contributed by atoms with Crippen molar-refractivity contribution in [2.75, 3.05) is 0 Å². The highest BCUT2D eigenvalue weighted by Gasteiger charge is 2.33. The van der Waals surface area contributed by atoms with E-state index in [2.05, 4.69) is 45.1 Å². The van der Waals surface area contributed by atoms with Crippen LogP contribution >= 0.6 is 0 Å². The van der Waals surface area contributed by atoms with Gasteiger partial charge >= 0.3 is 0 Å². The van der Waals surface area contributed by atoms with E-state index in [4.69, 9.17) is 0 Å². The molecule has 1 rings (SSSR count). The van der Waals surface area contributed by atoms with E-state index in [1.54, 1.807) is 0 Å². The molecule has 0 heterocycles. The van der Waals surface area contributed by atoms with Crippen LogP contribution < -0.4 is 0 Å². The molecule has 1 aliphatic carbocycles. The average molecular weight is 179 g/mol. The summed E-state index contributed by atoms with van der Waals surface area (Å²) in [5.41, 5.74) is 0.706. The standard InChI is InChI=1S/C11H19Si/c1-4-12(5-2,6-3)11-9-7-8-10-11/h7-9,11H,4-6H2,1-3H3. The quantitative estimate of drug-likeness (QED) is 0.576. The summed E-state index contributed by atoms with van der Waals surface area (Å²) < 4.78 is 0. The molecule has 67 valence electrons. The van der Waals surface area contributed by atoms with Crippen LogP contribution in [-0.2, 0) is 0 Å². The minimum atomic E-state index is -1.01. The van der Waals surface area contributed by atoms with Gasteiger partial charge in [0.2, 0.25) is 0 Å². The highest BCUT2D eigenvalue weighted by Crippen LogP contribution is 2.36. The van der Waals surface area contributed by atoms with Gasteiger partial charge in [0.25, 0.3) is 0 Å². The third-order valence-corrected chi connectivity index (χ3v) is 9.35. The predicted molar refractivity (Wildman–Crippen MR) is 57.9 cm³/mol. The zero-order valence-corrected chi connectivity index (χ0v) is 9.43. The monoisotopic (exact) mass is 179 g/mol. The molecule has 1 unspecified atom stereocenters. The van der Waals surface area contributed by atoms with Gasteiger partial charge in [-0.25, -0.2) is 0 Å². The van der Waals surface area contributed by atoms with E-state index in [-0.39, 0.29) is 0 Å². The van der Waals surface area contributed by atoms with Gasteiger partial charge in [-0.05, 0) is 11.6 Å². The van der Waals surface area contributed by atoms with E-state index >= 15 is 0 Å². The first-order chi connectivity index (χ1) is 5.79. The Morgan fingerprint density at radius 2 is 1.75 bits per heavy atom. The average Bonchev–Trinajstić information content (AvgIpc) is 2.62. The van der Waals surface area contributed by atoms with Gasteiger partial charge in [0, 0.05) is 0 Å². The second-order valence-electron chi connectivity index (χ2n) is 3.62. The number of allylic oxidation sites excluding steroid dienone is 4. The maximum absolute atomic E-state index is 3.48. The number of rotatable bonds is 4. The normalized spacial score (nSPS) is 17.6. The first-order valence-electron chi connectivity index (χ1n) is 5.05. The largest absolute Gasteiger partial charge is 0.0797 e. The van der Waals surface area contributed by atoms with Crippen LogP contribution in [0.2, 0.25) is 23.7 Å². The maximum Gasteiger partial charge on any atom is 0.0649 e. The minimum Gasteiger partial charge on any atom is -0.0797 e. The Morgan fingerprint density at radius 1 is 1.17 bits per heavy atom. The fraction of sp³-hybridized carbons (Fsp3) is 0.636. The van der Waals surface area contributed by atoms with Crippen molar-refractivity contribution >= 4 is 8.07 Å². The van der Waals surface area contributed by atoms with Crippen molar-refractivity contribution in [1.82, 2.24) is 0 Å². The van der Waals surface area contributed by atoms with Crippen molar-refractivity contribution < 1.29 is 0 Å². The van der Waals surface area contributed by atoms with Gasteiger partial charge in [-0.15, -0.1) is 0 Å². The van der Waals surface area contributed by atoms with E-state index < -0.39 is 8.07 Å². The maximum atomic E-state index is 3.48. The summed E-state index contributed by atoms with van der Waals surface area (Å²) in [7, 11) is -1.01. The molecule has 0 aromatic carbocycles. The number of hydrogen-bond donors (Lipinski definition) is 0. The van der Waals surface area contributed by atoms with E-state index in [0.717, 1.165) is 0 Å². The summed E-state index contributed by atoms with van der Waals surface area (Å²) in [4.78, 5) is 0. The molecular formula is C11H19Si. The Bertz CT molecular complexity index is 167. The van der Waals surface area contributed by atoms with Crippen molar-refractivity contribution in [3.8, 4) is 0 Å². The fourth-order valence-electron chi connectivity index (χ4n) is 2.17. The molecule has 0 aliphatic heterocycles. The zero-order chi connectivity index (χ0) is 9.03. The van der Waals surface area contributed by atoms with Crippen LogP contribution in [0.5, 0.6) is 0 Å². The molecule has 1 heteroatoms. The smallest absolute Gasteiger partial charge is 0.0649 e. The third kappa shape index (κ3) is 1.56. The second-order valence-corrected chi connectivity index (χ2v) is 9.09. The van der Waals surface area contributed by atoms with E-state index in [1.807, 2.05) is 0 Å². The molecule has 1 aliphatic rings. The molecule has 0 nitrogen and oxygen atoms in total. The topological polar surface area (TPSA) is 0 Å². The Balaban J connectivity index is 2.76. The lowest BCUT2D eigenvalue weighted by atomic mass is 10.5. The van der Waals surface area contributed by atoms with Crippen molar-refractivity contribution in [2.24, 2.45) is 0 Å². The Kier molecular flexibility index (Phi) is 3.33. The van der Waals surface area contributed by atoms with Gasteiger partial charge < -0.3 is 0 Å². The van der Waals surface area contributed by atoms with Gasteiger partial charge in [-0.1, -0.05) is 57.1 Å². The Hall–Kier alpha value is -0.303. The molecule has 1 atom stereocenters. The fourth-order valence-corrected chi connectivity index (χ4v) is 5.96. The Labute approximate surface area is 77.4 Å². The van der Waals surface area contributed by atoms with Gasteiger partial charge in [-0.3, -0.25) is 0 Å². The molecular weight excluding hydrogens is 160 g/mol. The van der Waals surface area contributed by atoms with Gasteiger partial charge in [-0.2, -0.15) is 0 Å². The molecule has 0 fully saturated rings. The van der Waals surface area contributed by atoms with Crippen LogP contribution in [0.3, 0.4) is 0 Å². The van der Waals surface area contributed by atoms with Gasteiger partial charge in [0.15, 0.2) is 0 Å². The van der Waals surface area contributed by atoms with E-state index in [1.165, 1.54) is 18.1 Å². The van der Waals surface area contributed by atoms with Crippen LogP contribution in [0.25, 0.3) is 0 Å². The zero-order valence-electron chi connectivity index (χ0n) is 8.43. The van der Waals surface area contributed by atoms with E-state index in [0.29, 0.717) is 5.54 Å². The second kappa shape index (κ2) is 4.08. The molecule has 0 amide bonds. The van der Waals surface area contributed by atoms with Crippen LogP contribution in [0.1, 0.15) is 20.8 Å². The molecule has 0 saturated carbocycles. The molecule has 12 heavy (non-hydrogen) atoms. The first-order valence-corrected chi connectivity index (χ1v) is 7.75. The lowest BCUT2D eigenvalue weighted by Crippen LogP contribution is -2.35. The predicted octanol–water partition coefficient (Wildman–Crippen LogP) is 3.79. The molecule has 1 radical (unpaired) electrons. The lowest BCUT2D eigenvalue weighted by Gasteiger charge is -2.32. The highest BCUT2D eigenvalue weighted by atomic mass is 28.3. The molecule has 0 aromatic rings. The molecule has 0 N–H and O–H groups in total. The van der Waals surface area contributed by atoms with Gasteiger partial charge in [0.05, 0.1) is 8.07 Å². The first kappa shape index (κ1) is 9.78. The lowest BCUT2D eigenvalue weighted by molar-refractivity contribution is 1.07. The summed E-state index contributed by atoms with van der Waals surface area (Å²) in [6.45, 7) is 7.06. The van der Waals surface area contributed by atoms with Crippen molar-refractivity contribution in [3.63, 3.8) is 0 Å². The van der Waals surface area contributed by atoms with Gasteiger partial charge in [0.1, 0.15) is 0 Å². The highest BCUT2D eigenvalue weighted by molar-refractivity contribution is 6.81. The number of hydrogen-bond acceptors (Lipinski definition) is 0. The van der Waals surface area contributed by atoms with Crippen LogP contribution in [-0.4, -0.2) is 8.07 Å². The summed E-state index contributed by atoms with van der Waals surface area (Å²) in [6, 6.07) is 4.20. The summed E-state index contributed by atoms with van der Waals surface area (Å²) in [5.74, 6) is 0. The summed E-state index contributed by atoms with van der Waals surface area (Å²) in [6.07, 6.45) is 10.1.